The van der Waals surface area contributed by atoms with Gasteiger partial charge in [-0.1, -0.05) is 11.8 Å². The van der Waals surface area contributed by atoms with Crippen molar-refractivity contribution >= 4 is 51.5 Å². The first-order valence-corrected chi connectivity index (χ1v) is 9.68. The van der Waals surface area contributed by atoms with Gasteiger partial charge in [0, 0.05) is 38.0 Å². The van der Waals surface area contributed by atoms with Crippen molar-refractivity contribution in [3.05, 3.63) is 58.4 Å². The number of amides is 2. The fourth-order valence-electron chi connectivity index (χ4n) is 2.65. The smallest absolute Gasteiger partial charge is 0.306 e. The molecule has 0 radical (unpaired) electrons. The molecule has 2 aromatic rings. The highest BCUT2D eigenvalue weighted by Crippen LogP contribution is 2.27. The molecule has 3 rings (SSSR count). The summed E-state index contributed by atoms with van der Waals surface area (Å²) in [5.74, 6) is -1.88. The lowest BCUT2D eigenvalue weighted by molar-refractivity contribution is -0.387. The summed E-state index contributed by atoms with van der Waals surface area (Å²) in [7, 11) is 3.85. The zero-order valence-electron chi connectivity index (χ0n) is 16.1. The molecule has 1 fully saturated rings. The molecule has 0 aliphatic carbocycles. The number of carbonyl (C=O) groups excluding carboxylic acids is 2. The highest BCUT2D eigenvalue weighted by molar-refractivity contribution is 8.15. The Balaban J connectivity index is 1.62. The third kappa shape index (κ3) is 5.11. The molecule has 2 N–H and O–H groups in total. The van der Waals surface area contributed by atoms with Crippen molar-refractivity contribution in [1.29, 1.82) is 0 Å². The number of anilines is 2. The second kappa shape index (κ2) is 8.91. The summed E-state index contributed by atoms with van der Waals surface area (Å²) < 4.78 is 13.4. The zero-order valence-corrected chi connectivity index (χ0v) is 16.9. The SMILES string of the molecule is CN(C)c1ccc(N=C2NC(=O)C(CC(=O)Nc3ccc(F)c([N+](=O)[O-])c3)S2)cc1. The quantitative estimate of drug-likeness (QED) is 0.536. The number of hydrogen-bond donors (Lipinski definition) is 2. The van der Waals surface area contributed by atoms with Crippen molar-refractivity contribution < 1.29 is 18.9 Å². The molecule has 1 unspecified atom stereocenters. The van der Waals surface area contributed by atoms with Crippen LogP contribution in [0.5, 0.6) is 0 Å². The van der Waals surface area contributed by atoms with Gasteiger partial charge in [-0.15, -0.1) is 0 Å². The minimum atomic E-state index is -0.997. The Hall–Kier alpha value is -3.47. The number of nitro groups is 1. The van der Waals surface area contributed by atoms with E-state index in [9.17, 15) is 24.1 Å². The molecule has 156 valence electrons. The van der Waals surface area contributed by atoms with E-state index in [1.807, 2.05) is 43.3 Å². The molecule has 1 aliphatic heterocycles. The number of halogens is 1. The molecule has 1 atom stereocenters. The van der Waals surface area contributed by atoms with Gasteiger partial charge in [0.15, 0.2) is 5.17 Å². The molecule has 1 aliphatic rings. The lowest BCUT2D eigenvalue weighted by Gasteiger charge is -2.11. The van der Waals surface area contributed by atoms with E-state index in [1.54, 1.807) is 0 Å². The predicted octanol–water partition coefficient (Wildman–Crippen LogP) is 3.05. The number of nitro benzene ring substituents is 1. The van der Waals surface area contributed by atoms with Gasteiger partial charge in [-0.25, -0.2) is 4.99 Å². The topological polar surface area (TPSA) is 117 Å². The first kappa shape index (κ1) is 21.2. The maximum absolute atomic E-state index is 13.4. The van der Waals surface area contributed by atoms with Crippen molar-refractivity contribution in [3.63, 3.8) is 0 Å². The van der Waals surface area contributed by atoms with Crippen LogP contribution in [0, 0.1) is 15.9 Å². The van der Waals surface area contributed by atoms with E-state index in [-0.39, 0.29) is 18.0 Å². The number of nitrogens with one attached hydrogen (secondary N) is 2. The van der Waals surface area contributed by atoms with Gasteiger partial charge in [0.25, 0.3) is 0 Å². The van der Waals surface area contributed by atoms with Crippen LogP contribution in [-0.4, -0.2) is 41.3 Å². The van der Waals surface area contributed by atoms with E-state index in [0.29, 0.717) is 10.9 Å². The van der Waals surface area contributed by atoms with Gasteiger partial charge in [-0.05, 0) is 36.4 Å². The van der Waals surface area contributed by atoms with E-state index < -0.39 is 27.6 Å². The Kier molecular flexibility index (Phi) is 6.31. The standard InChI is InChI=1S/C19H18FN5O4S/c1-24(2)13-6-3-11(4-7-13)22-19-23-18(27)16(30-19)10-17(26)21-12-5-8-14(20)15(9-12)25(28)29/h3-9,16H,10H2,1-2H3,(H,21,26)(H,22,23,27). The molecule has 9 nitrogen and oxygen atoms in total. The van der Waals surface area contributed by atoms with Crippen LogP contribution in [0.3, 0.4) is 0 Å². The molecule has 0 spiro atoms. The lowest BCUT2D eigenvalue weighted by Crippen LogP contribution is -2.28. The van der Waals surface area contributed by atoms with Gasteiger partial charge < -0.3 is 15.5 Å². The van der Waals surface area contributed by atoms with Crippen molar-refractivity contribution in [2.45, 2.75) is 11.7 Å². The Morgan fingerprint density at radius 1 is 1.30 bits per heavy atom. The molecule has 0 aromatic heterocycles. The summed E-state index contributed by atoms with van der Waals surface area (Å²) in [6.07, 6.45) is -0.166. The fourth-order valence-corrected chi connectivity index (χ4v) is 3.63. The number of aliphatic imine (C=N–C) groups is 1. The molecule has 0 saturated carbocycles. The number of nitrogens with zero attached hydrogens (tertiary/aromatic N) is 3. The number of amidine groups is 1. The van der Waals surface area contributed by atoms with Crippen LogP contribution in [0.4, 0.5) is 27.1 Å². The summed E-state index contributed by atoms with van der Waals surface area (Å²) in [4.78, 5) is 40.6. The maximum atomic E-state index is 13.4. The van der Waals surface area contributed by atoms with Crippen molar-refractivity contribution in [2.75, 3.05) is 24.3 Å². The summed E-state index contributed by atoms with van der Waals surface area (Å²) in [6.45, 7) is 0. The number of thioether (sulfide) groups is 1. The first-order chi connectivity index (χ1) is 14.2. The van der Waals surface area contributed by atoms with Gasteiger partial charge in [-0.2, -0.15) is 4.39 Å². The minimum absolute atomic E-state index is 0.0753. The maximum Gasteiger partial charge on any atom is 0.306 e. The van der Waals surface area contributed by atoms with Crippen LogP contribution >= 0.6 is 11.8 Å². The largest absolute Gasteiger partial charge is 0.378 e. The second-order valence-corrected chi connectivity index (χ2v) is 7.79. The molecule has 2 aromatic carbocycles. The Bertz CT molecular complexity index is 1030. The normalized spacial score (nSPS) is 17.0. The van der Waals surface area contributed by atoms with Crippen LogP contribution in [0.2, 0.25) is 0 Å². The van der Waals surface area contributed by atoms with E-state index in [1.165, 1.54) is 6.07 Å². The Morgan fingerprint density at radius 2 is 2.00 bits per heavy atom. The average Bonchev–Trinajstić information content (AvgIpc) is 3.02. The number of benzene rings is 2. The van der Waals surface area contributed by atoms with E-state index in [0.717, 1.165) is 29.6 Å². The summed E-state index contributed by atoms with van der Waals surface area (Å²) >= 11 is 1.12. The third-order valence-corrected chi connectivity index (χ3v) is 5.25. The van der Waals surface area contributed by atoms with Crippen molar-refractivity contribution in [2.24, 2.45) is 4.99 Å². The molecule has 2 amide bonds. The Labute approximate surface area is 175 Å². The van der Waals surface area contributed by atoms with Crippen LogP contribution in [-0.2, 0) is 9.59 Å². The van der Waals surface area contributed by atoms with Gasteiger partial charge >= 0.3 is 5.69 Å². The molecule has 1 saturated heterocycles. The van der Waals surface area contributed by atoms with Crippen LogP contribution < -0.4 is 15.5 Å². The summed E-state index contributed by atoms with van der Waals surface area (Å²) in [6, 6.07) is 10.5. The Morgan fingerprint density at radius 3 is 2.63 bits per heavy atom. The monoisotopic (exact) mass is 431 g/mol. The lowest BCUT2D eigenvalue weighted by atomic mass is 10.2. The fraction of sp³-hybridized carbons (Fsp3) is 0.211. The number of carbonyl (C=O) groups is 2. The van der Waals surface area contributed by atoms with Crippen molar-refractivity contribution in [1.82, 2.24) is 5.32 Å². The van der Waals surface area contributed by atoms with Crippen molar-refractivity contribution in [3.8, 4) is 0 Å². The van der Waals surface area contributed by atoms with Gasteiger partial charge in [-0.3, -0.25) is 19.7 Å². The van der Waals surface area contributed by atoms with Gasteiger partial charge in [0.1, 0.15) is 5.25 Å². The first-order valence-electron chi connectivity index (χ1n) is 8.80. The van der Waals surface area contributed by atoms with Crippen LogP contribution in [0.1, 0.15) is 6.42 Å². The second-order valence-electron chi connectivity index (χ2n) is 6.60. The highest BCUT2D eigenvalue weighted by Gasteiger charge is 2.32. The molecule has 0 bridgehead atoms. The van der Waals surface area contributed by atoms with E-state index >= 15 is 0 Å². The van der Waals surface area contributed by atoms with Crippen LogP contribution in [0.25, 0.3) is 0 Å². The number of hydrogen-bond acceptors (Lipinski definition) is 7. The summed E-state index contributed by atoms with van der Waals surface area (Å²) in [5.41, 5.74) is 1.01. The zero-order chi connectivity index (χ0) is 21.8. The third-order valence-electron chi connectivity index (χ3n) is 4.17. The van der Waals surface area contributed by atoms with E-state index in [2.05, 4.69) is 15.6 Å². The predicted molar refractivity (Wildman–Crippen MR) is 114 cm³/mol. The molecular formula is C19H18FN5O4S. The van der Waals surface area contributed by atoms with Gasteiger partial charge in [0.2, 0.25) is 17.6 Å². The van der Waals surface area contributed by atoms with Gasteiger partial charge in [0.05, 0.1) is 10.6 Å². The summed E-state index contributed by atoms with van der Waals surface area (Å²) in [5, 5.41) is 15.6. The number of rotatable bonds is 6. The molecule has 11 heteroatoms. The highest BCUT2D eigenvalue weighted by atomic mass is 32.2. The molecule has 30 heavy (non-hydrogen) atoms. The van der Waals surface area contributed by atoms with E-state index in [4.69, 9.17) is 0 Å². The van der Waals surface area contributed by atoms with Crippen LogP contribution in [0.15, 0.2) is 47.5 Å². The molecular weight excluding hydrogens is 413 g/mol. The minimum Gasteiger partial charge on any atom is -0.378 e. The molecule has 1 heterocycles. The average molecular weight is 431 g/mol.